The molecule has 0 saturated carbocycles. The minimum atomic E-state index is -0.489. The number of nitrogens with zero attached hydrogens (tertiary/aromatic N) is 3. The summed E-state index contributed by atoms with van der Waals surface area (Å²) < 4.78 is 6.59. The third kappa shape index (κ3) is 3.31. The van der Waals surface area contributed by atoms with Crippen LogP contribution in [0.25, 0.3) is 0 Å². The molecule has 0 bridgehead atoms. The van der Waals surface area contributed by atoms with Gasteiger partial charge in [0.1, 0.15) is 11.9 Å². The molecule has 6 nitrogen and oxygen atoms in total. The van der Waals surface area contributed by atoms with Crippen LogP contribution in [0.4, 0.5) is 4.79 Å². The van der Waals surface area contributed by atoms with Gasteiger partial charge in [0.2, 0.25) is 0 Å². The molecule has 2 fully saturated rings. The first kappa shape index (κ1) is 16.9. The van der Waals surface area contributed by atoms with Gasteiger partial charge in [0, 0.05) is 18.2 Å². The van der Waals surface area contributed by atoms with Crippen molar-refractivity contribution in [2.24, 2.45) is 5.41 Å². The van der Waals surface area contributed by atoms with Crippen molar-refractivity contribution in [1.82, 2.24) is 20.2 Å². The lowest BCUT2D eigenvalue weighted by Gasteiger charge is -2.58. The number of hydrogen-bond donors (Lipinski definition) is 1. The fourth-order valence-electron chi connectivity index (χ4n) is 3.54. The molecule has 126 valence electrons. The normalized spacial score (nSPS) is 23.5. The van der Waals surface area contributed by atoms with E-state index in [9.17, 15) is 4.79 Å². The van der Waals surface area contributed by atoms with E-state index in [-0.39, 0.29) is 17.6 Å². The summed E-state index contributed by atoms with van der Waals surface area (Å²) >= 11 is 2.25. The summed E-state index contributed by atoms with van der Waals surface area (Å²) in [4.78, 5) is 23.0. The molecule has 0 radical (unpaired) electrons. The van der Waals surface area contributed by atoms with Crippen LogP contribution < -0.4 is 5.32 Å². The van der Waals surface area contributed by atoms with Gasteiger partial charge < -0.3 is 10.1 Å². The number of carbonyl (C=O) groups is 1. The van der Waals surface area contributed by atoms with Gasteiger partial charge in [0.25, 0.3) is 0 Å². The molecule has 0 aliphatic carbocycles. The van der Waals surface area contributed by atoms with Gasteiger partial charge in [-0.15, -0.1) is 0 Å². The van der Waals surface area contributed by atoms with Crippen molar-refractivity contribution < 1.29 is 9.53 Å². The largest absolute Gasteiger partial charge is 0.444 e. The predicted octanol–water partition coefficient (Wildman–Crippen LogP) is 2.74. The van der Waals surface area contributed by atoms with Crippen LogP contribution in [0.5, 0.6) is 0 Å². The number of aromatic nitrogens is 2. The number of nitrogens with one attached hydrogen (secondary N) is 1. The zero-order valence-electron chi connectivity index (χ0n) is 13.8. The van der Waals surface area contributed by atoms with Crippen LogP contribution in [-0.4, -0.2) is 46.2 Å². The van der Waals surface area contributed by atoms with Crippen LogP contribution in [0, 0.1) is 8.99 Å². The zero-order valence-corrected chi connectivity index (χ0v) is 16.0. The Morgan fingerprint density at radius 3 is 2.74 bits per heavy atom. The van der Waals surface area contributed by atoms with Gasteiger partial charge >= 0.3 is 6.09 Å². The van der Waals surface area contributed by atoms with E-state index >= 15 is 0 Å². The van der Waals surface area contributed by atoms with Crippen LogP contribution >= 0.6 is 22.6 Å². The number of amides is 1. The molecule has 23 heavy (non-hydrogen) atoms. The molecule has 3 heterocycles. The van der Waals surface area contributed by atoms with E-state index in [1.165, 1.54) is 0 Å². The van der Waals surface area contributed by atoms with Crippen LogP contribution in [0.2, 0.25) is 0 Å². The molecule has 2 aliphatic heterocycles. The highest BCUT2D eigenvalue weighted by Crippen LogP contribution is 2.54. The minimum absolute atomic E-state index is 0.0191. The van der Waals surface area contributed by atoms with Gasteiger partial charge in [-0.3, -0.25) is 4.90 Å². The van der Waals surface area contributed by atoms with Gasteiger partial charge in [0.05, 0.1) is 15.3 Å². The Morgan fingerprint density at radius 2 is 2.13 bits per heavy atom. The highest BCUT2D eigenvalue weighted by molar-refractivity contribution is 14.1. The number of halogens is 1. The van der Waals surface area contributed by atoms with Gasteiger partial charge in [-0.1, -0.05) is 0 Å². The summed E-state index contributed by atoms with van der Waals surface area (Å²) in [6.07, 6.45) is 5.23. The van der Waals surface area contributed by atoms with E-state index < -0.39 is 5.60 Å². The topological polar surface area (TPSA) is 67.3 Å². The molecule has 3 rings (SSSR count). The van der Waals surface area contributed by atoms with E-state index in [2.05, 4.69) is 37.9 Å². The summed E-state index contributed by atoms with van der Waals surface area (Å²) in [5.41, 5.74) is 0.563. The average molecular weight is 430 g/mol. The van der Waals surface area contributed by atoms with Crippen molar-refractivity contribution in [2.45, 2.75) is 45.3 Å². The number of hydrogen-bond acceptors (Lipinski definition) is 5. The third-order valence-corrected chi connectivity index (χ3v) is 5.39. The lowest BCUT2D eigenvalue weighted by molar-refractivity contribution is -0.0990. The Kier molecular flexibility index (Phi) is 4.52. The third-order valence-electron chi connectivity index (χ3n) is 4.56. The van der Waals surface area contributed by atoms with Crippen molar-refractivity contribution in [3.05, 3.63) is 21.8 Å². The minimum Gasteiger partial charge on any atom is -0.444 e. The molecular formula is C16H23IN4O2. The molecule has 1 spiro atoms. The quantitative estimate of drug-likeness (QED) is 0.695. The van der Waals surface area contributed by atoms with Crippen molar-refractivity contribution in [2.75, 3.05) is 19.6 Å². The molecule has 1 amide bonds. The van der Waals surface area contributed by atoms with E-state index in [0.717, 1.165) is 41.7 Å². The summed E-state index contributed by atoms with van der Waals surface area (Å²) in [6.45, 7) is 8.41. The summed E-state index contributed by atoms with van der Waals surface area (Å²) in [5.74, 6) is 0. The number of likely N-dealkylation sites (tertiary alicyclic amines) is 1. The molecule has 1 aromatic heterocycles. The fourth-order valence-corrected chi connectivity index (χ4v) is 4.14. The maximum Gasteiger partial charge on any atom is 0.410 e. The van der Waals surface area contributed by atoms with E-state index in [4.69, 9.17) is 4.74 Å². The van der Waals surface area contributed by atoms with E-state index in [1.54, 1.807) is 6.33 Å². The van der Waals surface area contributed by atoms with Gasteiger partial charge in [0.15, 0.2) is 0 Å². The zero-order chi connectivity index (χ0) is 16.7. The Morgan fingerprint density at radius 1 is 1.43 bits per heavy atom. The molecule has 7 heteroatoms. The second-order valence-corrected chi connectivity index (χ2v) is 8.54. The molecule has 2 aliphatic rings. The van der Waals surface area contributed by atoms with Crippen LogP contribution in [0.3, 0.4) is 0 Å². The monoisotopic (exact) mass is 430 g/mol. The summed E-state index contributed by atoms with van der Waals surface area (Å²) in [7, 11) is 0. The van der Waals surface area contributed by atoms with Gasteiger partial charge in [-0.05, 0) is 69.3 Å². The number of ether oxygens (including phenoxy) is 1. The molecule has 0 aromatic carbocycles. The molecule has 1 N–H and O–H groups in total. The Hall–Kier alpha value is -0.960. The molecule has 1 aromatic rings. The molecule has 1 unspecified atom stereocenters. The predicted molar refractivity (Wildman–Crippen MR) is 95.0 cm³/mol. The number of carbonyl (C=O) groups excluding carboxylic acids is 1. The van der Waals surface area contributed by atoms with Crippen LogP contribution in [0.1, 0.15) is 45.3 Å². The fraction of sp³-hybridized carbons (Fsp3) is 0.688. The Labute approximate surface area is 150 Å². The van der Waals surface area contributed by atoms with Crippen LogP contribution in [-0.2, 0) is 4.74 Å². The van der Waals surface area contributed by atoms with Crippen molar-refractivity contribution in [3.8, 4) is 0 Å². The van der Waals surface area contributed by atoms with Crippen molar-refractivity contribution in [1.29, 1.82) is 0 Å². The SMILES string of the molecule is CC(C)(C)OC(=O)N1CC2(CCNCC2)C1c1ncncc1I. The van der Waals surface area contributed by atoms with Gasteiger partial charge in [-0.2, -0.15) is 0 Å². The second-order valence-electron chi connectivity index (χ2n) is 7.38. The van der Waals surface area contributed by atoms with Crippen molar-refractivity contribution in [3.63, 3.8) is 0 Å². The van der Waals surface area contributed by atoms with Crippen molar-refractivity contribution >= 4 is 28.7 Å². The summed E-state index contributed by atoms with van der Waals surface area (Å²) in [5, 5.41) is 3.41. The Bertz CT molecular complexity index is 596. The van der Waals surface area contributed by atoms with Crippen LogP contribution in [0.15, 0.2) is 12.5 Å². The first-order chi connectivity index (χ1) is 10.8. The first-order valence-electron chi connectivity index (χ1n) is 7.98. The summed E-state index contributed by atoms with van der Waals surface area (Å²) in [6, 6.07) is -0.0191. The highest BCUT2D eigenvalue weighted by Gasteiger charge is 2.57. The maximum atomic E-state index is 12.6. The number of piperidine rings is 1. The Balaban J connectivity index is 1.90. The lowest BCUT2D eigenvalue weighted by atomic mass is 9.64. The average Bonchev–Trinajstić information content (AvgIpc) is 2.46. The van der Waals surface area contributed by atoms with Gasteiger partial charge in [-0.25, -0.2) is 14.8 Å². The second kappa shape index (κ2) is 6.16. The lowest BCUT2D eigenvalue weighted by Crippen LogP contribution is -2.64. The highest BCUT2D eigenvalue weighted by atomic mass is 127. The first-order valence-corrected chi connectivity index (χ1v) is 9.06. The standard InChI is InChI=1S/C16H23IN4O2/c1-15(2,3)23-14(22)21-9-16(4-6-18-7-5-16)13(21)12-11(17)8-19-10-20-12/h8,10,13,18H,4-7,9H2,1-3H3. The molecular weight excluding hydrogens is 407 g/mol. The van der Waals surface area contributed by atoms with E-state index in [1.807, 2.05) is 31.9 Å². The van der Waals surface area contributed by atoms with E-state index in [0.29, 0.717) is 0 Å². The molecule has 1 atom stereocenters. The maximum absolute atomic E-state index is 12.6. The smallest absolute Gasteiger partial charge is 0.410 e. The number of rotatable bonds is 1. The molecule has 2 saturated heterocycles.